The van der Waals surface area contributed by atoms with E-state index in [9.17, 15) is 10.1 Å². The Hall–Kier alpha value is -2.90. The van der Waals surface area contributed by atoms with Crippen molar-refractivity contribution in [3.05, 3.63) is 45.8 Å². The largest absolute Gasteiger partial charge is 0.368 e. The molecule has 0 aliphatic carbocycles. The Morgan fingerprint density at radius 1 is 1.00 bits per heavy atom. The van der Waals surface area contributed by atoms with Crippen LogP contribution in [-0.4, -0.2) is 53.7 Å². The van der Waals surface area contributed by atoms with E-state index in [-0.39, 0.29) is 16.7 Å². The zero-order chi connectivity index (χ0) is 21.3. The summed E-state index contributed by atoms with van der Waals surface area (Å²) >= 11 is 0. The van der Waals surface area contributed by atoms with Crippen molar-refractivity contribution in [3.8, 4) is 0 Å². The van der Waals surface area contributed by atoms with Crippen LogP contribution < -0.4 is 14.7 Å². The third-order valence-corrected chi connectivity index (χ3v) is 6.54. The van der Waals surface area contributed by atoms with Crippen molar-refractivity contribution in [2.24, 2.45) is 0 Å². The molecule has 3 heterocycles. The minimum atomic E-state index is -0.303. The van der Waals surface area contributed by atoms with Crippen molar-refractivity contribution in [3.63, 3.8) is 0 Å². The first-order valence-electron chi connectivity index (χ1n) is 10.8. The van der Waals surface area contributed by atoms with Crippen molar-refractivity contribution >= 4 is 23.0 Å². The van der Waals surface area contributed by atoms with E-state index < -0.39 is 0 Å². The van der Waals surface area contributed by atoms with Gasteiger partial charge in [-0.05, 0) is 57.2 Å². The van der Waals surface area contributed by atoms with Crippen LogP contribution in [-0.2, 0) is 0 Å². The van der Waals surface area contributed by atoms with Gasteiger partial charge in [-0.15, -0.1) is 0 Å². The number of piperazine rings is 1. The van der Waals surface area contributed by atoms with Crippen molar-refractivity contribution < 1.29 is 4.92 Å². The summed E-state index contributed by atoms with van der Waals surface area (Å²) in [4.78, 5) is 27.0. The predicted molar refractivity (Wildman–Crippen MR) is 120 cm³/mol. The number of anilines is 3. The summed E-state index contributed by atoms with van der Waals surface area (Å²) in [6.07, 6.45) is 4.71. The number of aryl methyl sites for hydroxylation is 1. The van der Waals surface area contributed by atoms with Crippen molar-refractivity contribution in [2.75, 3.05) is 47.4 Å². The van der Waals surface area contributed by atoms with Crippen LogP contribution in [0, 0.1) is 24.0 Å². The van der Waals surface area contributed by atoms with Gasteiger partial charge < -0.3 is 14.7 Å². The van der Waals surface area contributed by atoms with Gasteiger partial charge in [0, 0.05) is 44.5 Å². The minimum Gasteiger partial charge on any atom is -0.368 e. The molecule has 8 heteroatoms. The standard InChI is InChI=1S/C22H30N6O2/c1-16-7-6-9-19(18(16)3)25-11-13-26(14-12-25)21-20(28(29)30)22(24-15-23-21)27-10-5-4-8-17(27)2/h6-7,9,15,17H,4-5,8,10-14H2,1-3H3. The van der Waals surface area contributed by atoms with E-state index in [1.165, 1.54) is 23.1 Å². The number of aromatic nitrogens is 2. The molecule has 8 nitrogen and oxygen atoms in total. The van der Waals surface area contributed by atoms with E-state index in [1.54, 1.807) is 0 Å². The molecule has 1 aromatic carbocycles. The number of hydrogen-bond acceptors (Lipinski definition) is 7. The van der Waals surface area contributed by atoms with Gasteiger partial charge in [0.15, 0.2) is 0 Å². The Morgan fingerprint density at radius 2 is 1.70 bits per heavy atom. The zero-order valence-corrected chi connectivity index (χ0v) is 18.0. The summed E-state index contributed by atoms with van der Waals surface area (Å²) in [5.41, 5.74) is 3.86. The molecule has 4 rings (SSSR count). The minimum absolute atomic E-state index is 0.0476. The molecule has 2 saturated heterocycles. The lowest BCUT2D eigenvalue weighted by Crippen LogP contribution is -2.47. The summed E-state index contributed by atoms with van der Waals surface area (Å²) in [6.45, 7) is 10.2. The van der Waals surface area contributed by atoms with Gasteiger partial charge in [0.25, 0.3) is 0 Å². The molecule has 160 valence electrons. The van der Waals surface area contributed by atoms with Crippen molar-refractivity contribution in [1.82, 2.24) is 9.97 Å². The number of piperidine rings is 1. The molecule has 0 saturated carbocycles. The van der Waals surface area contributed by atoms with E-state index in [4.69, 9.17) is 0 Å². The lowest BCUT2D eigenvalue weighted by molar-refractivity contribution is -0.383. The second-order valence-electron chi connectivity index (χ2n) is 8.36. The van der Waals surface area contributed by atoms with Gasteiger partial charge in [-0.1, -0.05) is 12.1 Å². The molecule has 2 aliphatic heterocycles. The van der Waals surface area contributed by atoms with Gasteiger partial charge in [0.05, 0.1) is 4.92 Å². The summed E-state index contributed by atoms with van der Waals surface area (Å²) in [5, 5.41) is 12.1. The molecule has 1 atom stereocenters. The number of hydrogen-bond donors (Lipinski definition) is 0. The molecule has 2 fully saturated rings. The first-order valence-corrected chi connectivity index (χ1v) is 10.8. The first-order chi connectivity index (χ1) is 14.5. The van der Waals surface area contributed by atoms with Gasteiger partial charge in [0.1, 0.15) is 6.33 Å². The molecule has 2 aliphatic rings. The Balaban J connectivity index is 1.58. The van der Waals surface area contributed by atoms with Crippen molar-refractivity contribution in [2.45, 2.75) is 46.1 Å². The van der Waals surface area contributed by atoms with E-state index in [1.807, 2.05) is 4.90 Å². The summed E-state index contributed by atoms with van der Waals surface area (Å²) < 4.78 is 0. The smallest absolute Gasteiger partial charge is 0.353 e. The number of nitro groups is 1. The van der Waals surface area contributed by atoms with E-state index in [2.05, 4.69) is 58.7 Å². The second-order valence-corrected chi connectivity index (χ2v) is 8.36. The topological polar surface area (TPSA) is 78.6 Å². The summed E-state index contributed by atoms with van der Waals surface area (Å²) in [6, 6.07) is 6.62. The van der Waals surface area contributed by atoms with Gasteiger partial charge in [0.2, 0.25) is 11.6 Å². The average molecular weight is 411 g/mol. The normalized spacial score (nSPS) is 19.8. The highest BCUT2D eigenvalue weighted by Gasteiger charge is 2.34. The van der Waals surface area contributed by atoms with Crippen LogP contribution in [0.15, 0.2) is 24.5 Å². The summed E-state index contributed by atoms with van der Waals surface area (Å²) in [5.74, 6) is 0.914. The van der Waals surface area contributed by atoms with Crippen LogP contribution in [0.5, 0.6) is 0 Å². The molecule has 0 bridgehead atoms. The SMILES string of the molecule is Cc1cccc(N2CCN(c3ncnc(N4CCCCC4C)c3[N+](=O)[O-])CC2)c1C. The molecular weight excluding hydrogens is 380 g/mol. The average Bonchev–Trinajstić information content (AvgIpc) is 2.75. The number of benzene rings is 1. The number of nitrogens with zero attached hydrogens (tertiary/aromatic N) is 6. The van der Waals surface area contributed by atoms with Gasteiger partial charge in [-0.2, -0.15) is 0 Å². The zero-order valence-electron chi connectivity index (χ0n) is 18.0. The fourth-order valence-electron chi connectivity index (χ4n) is 4.62. The highest BCUT2D eigenvalue weighted by atomic mass is 16.6. The van der Waals surface area contributed by atoms with E-state index in [0.29, 0.717) is 24.7 Å². The molecule has 0 radical (unpaired) electrons. The lowest BCUT2D eigenvalue weighted by Gasteiger charge is -2.38. The molecule has 1 aromatic heterocycles. The molecule has 0 N–H and O–H groups in total. The Kier molecular flexibility index (Phi) is 5.74. The molecule has 0 amide bonds. The monoisotopic (exact) mass is 410 g/mol. The Morgan fingerprint density at radius 3 is 2.40 bits per heavy atom. The van der Waals surface area contributed by atoms with Gasteiger partial charge in [-0.25, -0.2) is 9.97 Å². The maximum Gasteiger partial charge on any atom is 0.353 e. The highest BCUT2D eigenvalue weighted by molar-refractivity contribution is 5.72. The van der Waals surface area contributed by atoms with Gasteiger partial charge in [-0.3, -0.25) is 10.1 Å². The quantitative estimate of drug-likeness (QED) is 0.562. The van der Waals surface area contributed by atoms with E-state index in [0.717, 1.165) is 38.9 Å². The number of rotatable bonds is 4. The molecule has 2 aromatic rings. The first kappa shape index (κ1) is 20.4. The fraction of sp³-hybridized carbons (Fsp3) is 0.545. The van der Waals surface area contributed by atoms with Crippen LogP contribution in [0.1, 0.15) is 37.3 Å². The third-order valence-electron chi connectivity index (χ3n) is 6.54. The second kappa shape index (κ2) is 8.45. The van der Waals surface area contributed by atoms with Crippen LogP contribution in [0.4, 0.5) is 23.0 Å². The lowest BCUT2D eigenvalue weighted by atomic mass is 10.0. The van der Waals surface area contributed by atoms with Gasteiger partial charge >= 0.3 is 5.69 Å². The fourth-order valence-corrected chi connectivity index (χ4v) is 4.62. The maximum atomic E-state index is 12.1. The Labute approximate surface area is 177 Å². The third kappa shape index (κ3) is 3.78. The molecular formula is C22H30N6O2. The Bertz CT molecular complexity index is 926. The molecule has 0 spiro atoms. The van der Waals surface area contributed by atoms with Crippen LogP contribution in [0.2, 0.25) is 0 Å². The van der Waals surface area contributed by atoms with Crippen LogP contribution >= 0.6 is 0 Å². The molecule has 1 unspecified atom stereocenters. The molecule has 30 heavy (non-hydrogen) atoms. The van der Waals surface area contributed by atoms with E-state index >= 15 is 0 Å². The predicted octanol–water partition coefficient (Wildman–Crippen LogP) is 3.71. The van der Waals surface area contributed by atoms with Crippen molar-refractivity contribution in [1.29, 1.82) is 0 Å². The summed E-state index contributed by atoms with van der Waals surface area (Å²) in [7, 11) is 0. The van der Waals surface area contributed by atoms with Crippen LogP contribution in [0.3, 0.4) is 0 Å². The highest BCUT2D eigenvalue weighted by Crippen LogP contribution is 2.37. The maximum absolute atomic E-state index is 12.1. The van der Waals surface area contributed by atoms with Crippen LogP contribution in [0.25, 0.3) is 0 Å².